The summed E-state index contributed by atoms with van der Waals surface area (Å²) >= 11 is 0. The van der Waals surface area contributed by atoms with Crippen LogP contribution in [0.4, 0.5) is 0 Å². The quantitative estimate of drug-likeness (QED) is 0.591. The number of carbonyl (C=O) groups is 1. The van der Waals surface area contributed by atoms with Gasteiger partial charge in [0.25, 0.3) is 0 Å². The summed E-state index contributed by atoms with van der Waals surface area (Å²) in [4.78, 5) is 11.4. The van der Waals surface area contributed by atoms with Crippen molar-refractivity contribution in [3.8, 4) is 0 Å². The van der Waals surface area contributed by atoms with Crippen LogP contribution in [0.2, 0.25) is 0 Å². The third kappa shape index (κ3) is 2.73. The van der Waals surface area contributed by atoms with Gasteiger partial charge in [0.2, 0.25) is 0 Å². The number of carbonyl (C=O) groups excluding carboxylic acids is 1. The van der Waals surface area contributed by atoms with Gasteiger partial charge in [-0.3, -0.25) is 4.79 Å². The molecule has 14 heavy (non-hydrogen) atoms. The van der Waals surface area contributed by atoms with Crippen molar-refractivity contribution in [3.63, 3.8) is 0 Å². The SMILES string of the molecule is CCC(C)=NNC(=O)c1ccc(C)o1. The standard InChI is InChI=1S/C10H14N2O2/c1-4-7(2)11-12-10(13)9-6-5-8(3)14-9/h5-6H,4H2,1-3H3,(H,12,13). The van der Waals surface area contributed by atoms with E-state index in [-0.39, 0.29) is 11.7 Å². The van der Waals surface area contributed by atoms with Crippen molar-refractivity contribution in [1.82, 2.24) is 5.43 Å². The third-order valence-corrected chi connectivity index (χ3v) is 1.82. The number of hydrogen-bond acceptors (Lipinski definition) is 3. The second-order valence-corrected chi connectivity index (χ2v) is 3.05. The Kier molecular flexibility index (Phi) is 3.45. The minimum atomic E-state index is -0.314. The van der Waals surface area contributed by atoms with Crippen molar-refractivity contribution in [3.05, 3.63) is 23.7 Å². The topological polar surface area (TPSA) is 54.6 Å². The van der Waals surface area contributed by atoms with E-state index in [2.05, 4.69) is 10.5 Å². The Labute approximate surface area is 83.0 Å². The predicted molar refractivity (Wildman–Crippen MR) is 54.3 cm³/mol. The number of amides is 1. The molecular formula is C10H14N2O2. The van der Waals surface area contributed by atoms with Gasteiger partial charge in [0, 0.05) is 5.71 Å². The maximum Gasteiger partial charge on any atom is 0.307 e. The summed E-state index contributed by atoms with van der Waals surface area (Å²) in [6.45, 7) is 5.62. The van der Waals surface area contributed by atoms with E-state index in [0.717, 1.165) is 12.1 Å². The molecule has 1 aromatic heterocycles. The first kappa shape index (κ1) is 10.5. The van der Waals surface area contributed by atoms with E-state index in [1.54, 1.807) is 19.1 Å². The molecule has 1 N–H and O–H groups in total. The lowest BCUT2D eigenvalue weighted by molar-refractivity contribution is 0.0926. The highest BCUT2D eigenvalue weighted by molar-refractivity contribution is 5.92. The summed E-state index contributed by atoms with van der Waals surface area (Å²) in [7, 11) is 0. The van der Waals surface area contributed by atoms with Crippen molar-refractivity contribution in [2.45, 2.75) is 27.2 Å². The van der Waals surface area contributed by atoms with Gasteiger partial charge in [-0.05, 0) is 32.4 Å². The Morgan fingerprint density at radius 3 is 2.79 bits per heavy atom. The van der Waals surface area contributed by atoms with Crippen LogP contribution in [0.15, 0.2) is 21.7 Å². The van der Waals surface area contributed by atoms with E-state index in [4.69, 9.17) is 4.42 Å². The number of rotatable bonds is 3. The average Bonchev–Trinajstić information content (AvgIpc) is 2.60. The minimum Gasteiger partial charge on any atom is -0.456 e. The molecule has 0 aromatic carbocycles. The molecule has 0 aliphatic carbocycles. The second kappa shape index (κ2) is 4.60. The Hall–Kier alpha value is -1.58. The normalized spacial score (nSPS) is 11.5. The summed E-state index contributed by atoms with van der Waals surface area (Å²) in [5.41, 5.74) is 3.29. The molecule has 1 rings (SSSR count). The highest BCUT2D eigenvalue weighted by Gasteiger charge is 2.08. The van der Waals surface area contributed by atoms with E-state index in [1.165, 1.54) is 0 Å². The molecule has 0 saturated carbocycles. The van der Waals surface area contributed by atoms with E-state index in [1.807, 2.05) is 13.8 Å². The van der Waals surface area contributed by atoms with Gasteiger partial charge in [0.15, 0.2) is 5.76 Å². The van der Waals surface area contributed by atoms with Gasteiger partial charge < -0.3 is 4.42 Å². The molecular weight excluding hydrogens is 180 g/mol. The highest BCUT2D eigenvalue weighted by Crippen LogP contribution is 2.05. The van der Waals surface area contributed by atoms with Crippen LogP contribution in [-0.4, -0.2) is 11.6 Å². The molecule has 4 nitrogen and oxygen atoms in total. The minimum absolute atomic E-state index is 0.287. The zero-order chi connectivity index (χ0) is 10.6. The van der Waals surface area contributed by atoms with Crippen LogP contribution in [0.25, 0.3) is 0 Å². The number of nitrogens with one attached hydrogen (secondary N) is 1. The van der Waals surface area contributed by atoms with Crippen LogP contribution < -0.4 is 5.43 Å². The molecule has 0 aliphatic rings. The van der Waals surface area contributed by atoms with Crippen LogP contribution in [0.3, 0.4) is 0 Å². The number of furan rings is 1. The van der Waals surface area contributed by atoms with Crippen molar-refractivity contribution in [2.24, 2.45) is 5.10 Å². The Bertz CT molecular complexity index is 353. The molecule has 0 atom stereocenters. The van der Waals surface area contributed by atoms with Gasteiger partial charge in [-0.15, -0.1) is 0 Å². The van der Waals surface area contributed by atoms with E-state index < -0.39 is 0 Å². The summed E-state index contributed by atoms with van der Waals surface area (Å²) < 4.78 is 5.13. The van der Waals surface area contributed by atoms with Gasteiger partial charge >= 0.3 is 5.91 Å². The van der Waals surface area contributed by atoms with Gasteiger partial charge in [0.05, 0.1) is 0 Å². The van der Waals surface area contributed by atoms with Crippen LogP contribution in [-0.2, 0) is 0 Å². The molecule has 0 spiro atoms. The first-order chi connectivity index (χ1) is 6.63. The lowest BCUT2D eigenvalue weighted by Crippen LogP contribution is -2.18. The summed E-state index contributed by atoms with van der Waals surface area (Å²) in [5, 5.41) is 3.89. The molecule has 0 unspecified atom stereocenters. The average molecular weight is 194 g/mol. The smallest absolute Gasteiger partial charge is 0.307 e. The Morgan fingerprint density at radius 1 is 1.57 bits per heavy atom. The Balaban J connectivity index is 2.60. The zero-order valence-corrected chi connectivity index (χ0v) is 8.63. The molecule has 1 heterocycles. The summed E-state index contributed by atoms with van der Waals surface area (Å²) in [6, 6.07) is 3.37. The van der Waals surface area contributed by atoms with Crippen molar-refractivity contribution in [2.75, 3.05) is 0 Å². The molecule has 4 heteroatoms. The fraction of sp³-hybridized carbons (Fsp3) is 0.400. The molecule has 0 aliphatic heterocycles. The molecule has 1 aromatic rings. The maximum atomic E-state index is 11.4. The van der Waals surface area contributed by atoms with E-state index in [0.29, 0.717) is 5.76 Å². The fourth-order valence-corrected chi connectivity index (χ4v) is 0.837. The molecule has 1 amide bonds. The summed E-state index contributed by atoms with van der Waals surface area (Å²) in [6.07, 6.45) is 0.817. The van der Waals surface area contributed by atoms with Crippen LogP contribution >= 0.6 is 0 Å². The number of nitrogens with zero attached hydrogens (tertiary/aromatic N) is 1. The highest BCUT2D eigenvalue weighted by atomic mass is 16.3. The van der Waals surface area contributed by atoms with Crippen molar-refractivity contribution in [1.29, 1.82) is 0 Å². The number of hydrogen-bond donors (Lipinski definition) is 1. The molecule has 0 saturated heterocycles. The monoisotopic (exact) mass is 194 g/mol. The molecule has 0 bridgehead atoms. The number of hydrazone groups is 1. The zero-order valence-electron chi connectivity index (χ0n) is 8.63. The van der Waals surface area contributed by atoms with Crippen molar-refractivity contribution < 1.29 is 9.21 Å². The van der Waals surface area contributed by atoms with Crippen LogP contribution in [0.5, 0.6) is 0 Å². The van der Waals surface area contributed by atoms with Crippen LogP contribution in [0.1, 0.15) is 36.6 Å². The first-order valence-corrected chi connectivity index (χ1v) is 4.53. The van der Waals surface area contributed by atoms with E-state index in [9.17, 15) is 4.79 Å². The molecule has 0 fully saturated rings. The predicted octanol–water partition coefficient (Wildman–Crippen LogP) is 2.10. The fourth-order valence-electron chi connectivity index (χ4n) is 0.837. The maximum absolute atomic E-state index is 11.4. The third-order valence-electron chi connectivity index (χ3n) is 1.82. The first-order valence-electron chi connectivity index (χ1n) is 4.53. The largest absolute Gasteiger partial charge is 0.456 e. The lowest BCUT2D eigenvalue weighted by atomic mass is 10.3. The van der Waals surface area contributed by atoms with Gasteiger partial charge in [-0.2, -0.15) is 5.10 Å². The molecule has 76 valence electrons. The van der Waals surface area contributed by atoms with Crippen LogP contribution in [0, 0.1) is 6.92 Å². The lowest BCUT2D eigenvalue weighted by Gasteiger charge is -1.97. The molecule has 0 radical (unpaired) electrons. The number of aryl methyl sites for hydroxylation is 1. The van der Waals surface area contributed by atoms with Crippen molar-refractivity contribution >= 4 is 11.6 Å². The summed E-state index contributed by atoms with van der Waals surface area (Å²) in [5.74, 6) is 0.687. The van der Waals surface area contributed by atoms with Gasteiger partial charge in [-0.25, -0.2) is 5.43 Å². The Morgan fingerprint density at radius 2 is 2.29 bits per heavy atom. The van der Waals surface area contributed by atoms with Gasteiger partial charge in [-0.1, -0.05) is 6.92 Å². The van der Waals surface area contributed by atoms with Gasteiger partial charge in [0.1, 0.15) is 5.76 Å². The van der Waals surface area contributed by atoms with E-state index >= 15 is 0 Å². The second-order valence-electron chi connectivity index (χ2n) is 3.05.